The molecule has 116 valence electrons. The molecule has 2 aromatic rings. The molecule has 21 heavy (non-hydrogen) atoms. The van der Waals surface area contributed by atoms with Crippen molar-refractivity contribution in [1.82, 2.24) is 15.1 Å². The van der Waals surface area contributed by atoms with Crippen LogP contribution in [0.25, 0.3) is 0 Å². The van der Waals surface area contributed by atoms with Crippen LogP contribution in [0.2, 0.25) is 0 Å². The molecule has 0 aliphatic carbocycles. The third-order valence-corrected chi connectivity index (χ3v) is 6.45. The molecule has 0 saturated carbocycles. The Kier molecular flexibility index (Phi) is 5.07. The first-order valence-electron chi connectivity index (χ1n) is 6.35. The topological polar surface area (TPSA) is 76.0 Å². The molecule has 0 saturated heterocycles. The summed E-state index contributed by atoms with van der Waals surface area (Å²) < 4.78 is 29.9. The molecule has 0 radical (unpaired) electrons. The molecule has 2 N–H and O–H groups in total. The van der Waals surface area contributed by atoms with Gasteiger partial charge in [-0.15, -0.1) is 11.3 Å². The van der Waals surface area contributed by atoms with Crippen molar-refractivity contribution < 1.29 is 8.42 Å². The Morgan fingerprint density at radius 1 is 1.48 bits per heavy atom. The van der Waals surface area contributed by atoms with E-state index in [2.05, 4.69) is 31.1 Å². The van der Waals surface area contributed by atoms with Gasteiger partial charge in [-0.25, -0.2) is 8.42 Å². The summed E-state index contributed by atoms with van der Waals surface area (Å²) in [6.07, 6.45) is 2.33. The van der Waals surface area contributed by atoms with Gasteiger partial charge in [-0.1, -0.05) is 6.92 Å². The molecule has 0 bridgehead atoms. The summed E-state index contributed by atoms with van der Waals surface area (Å²) in [5.74, 6) is 0. The molecular weight excluding hydrogens is 376 g/mol. The van der Waals surface area contributed by atoms with Crippen molar-refractivity contribution in [1.29, 1.82) is 0 Å². The van der Waals surface area contributed by atoms with Crippen LogP contribution in [0.15, 0.2) is 20.9 Å². The van der Waals surface area contributed by atoms with E-state index in [0.717, 1.165) is 10.6 Å². The largest absolute Gasteiger partial charge is 0.315 e. The second-order valence-corrected chi connectivity index (χ2v) is 8.61. The third-order valence-electron chi connectivity index (χ3n) is 2.83. The minimum Gasteiger partial charge on any atom is -0.315 e. The van der Waals surface area contributed by atoms with Crippen molar-refractivity contribution >= 4 is 43.0 Å². The van der Waals surface area contributed by atoms with E-state index in [1.165, 1.54) is 11.3 Å². The Hall–Kier alpha value is -0.900. The van der Waals surface area contributed by atoms with Gasteiger partial charge in [-0.05, 0) is 35.5 Å². The smallest absolute Gasteiger partial charge is 0.263 e. The van der Waals surface area contributed by atoms with Gasteiger partial charge in [0.1, 0.15) is 4.90 Å². The van der Waals surface area contributed by atoms with E-state index < -0.39 is 10.0 Å². The Morgan fingerprint density at radius 3 is 2.81 bits per heavy atom. The summed E-state index contributed by atoms with van der Waals surface area (Å²) in [4.78, 5) is 1.20. The van der Waals surface area contributed by atoms with Crippen molar-refractivity contribution in [2.75, 3.05) is 11.8 Å². The molecule has 0 aromatic carbocycles. The standard InChI is InChI=1S/C12H17BrN4O2S2/c1-4-9-10(7-17(3)15-9)16-21(18,19)11-5-8(6-14-2)20-12(11)13/h5,7,14,16H,4,6H2,1-3H3. The number of hydrogen-bond donors (Lipinski definition) is 2. The van der Waals surface area contributed by atoms with Gasteiger partial charge in [0, 0.05) is 24.7 Å². The first kappa shape index (κ1) is 16.5. The quantitative estimate of drug-likeness (QED) is 0.790. The highest BCUT2D eigenvalue weighted by Crippen LogP contribution is 2.33. The minimum atomic E-state index is -3.63. The molecule has 0 aliphatic rings. The summed E-state index contributed by atoms with van der Waals surface area (Å²) in [6, 6.07) is 1.68. The maximum Gasteiger partial charge on any atom is 0.263 e. The van der Waals surface area contributed by atoms with E-state index >= 15 is 0 Å². The highest BCUT2D eigenvalue weighted by molar-refractivity contribution is 9.11. The maximum atomic E-state index is 12.5. The van der Waals surface area contributed by atoms with Crippen molar-refractivity contribution in [2.24, 2.45) is 7.05 Å². The molecular formula is C12H17BrN4O2S2. The van der Waals surface area contributed by atoms with E-state index in [-0.39, 0.29) is 4.90 Å². The number of aryl methyl sites for hydroxylation is 2. The molecule has 2 aromatic heterocycles. The van der Waals surface area contributed by atoms with Crippen LogP contribution >= 0.6 is 27.3 Å². The van der Waals surface area contributed by atoms with Crippen LogP contribution in [0.4, 0.5) is 5.69 Å². The average molecular weight is 393 g/mol. The highest BCUT2D eigenvalue weighted by Gasteiger charge is 2.22. The zero-order valence-corrected chi connectivity index (χ0v) is 15.2. The lowest BCUT2D eigenvalue weighted by Crippen LogP contribution is -2.13. The SMILES string of the molecule is CCc1nn(C)cc1NS(=O)(=O)c1cc(CNC)sc1Br. The molecule has 0 atom stereocenters. The fourth-order valence-corrected chi connectivity index (χ4v) is 5.69. The summed E-state index contributed by atoms with van der Waals surface area (Å²) in [6.45, 7) is 2.57. The van der Waals surface area contributed by atoms with Crippen LogP contribution in [0, 0.1) is 0 Å². The van der Waals surface area contributed by atoms with Gasteiger partial charge in [0.2, 0.25) is 0 Å². The monoisotopic (exact) mass is 392 g/mol. The molecule has 0 unspecified atom stereocenters. The Bertz CT molecular complexity index is 737. The number of aromatic nitrogens is 2. The Balaban J connectivity index is 2.33. The number of nitrogens with zero attached hydrogens (tertiary/aromatic N) is 2. The van der Waals surface area contributed by atoms with Crippen LogP contribution in [0.1, 0.15) is 17.5 Å². The second-order valence-electron chi connectivity index (χ2n) is 4.50. The predicted octanol–water partition coefficient (Wildman–Crippen LogP) is 2.33. The van der Waals surface area contributed by atoms with E-state index in [4.69, 9.17) is 0 Å². The number of sulfonamides is 1. The summed E-state index contributed by atoms with van der Waals surface area (Å²) in [5.41, 5.74) is 1.25. The van der Waals surface area contributed by atoms with E-state index in [0.29, 0.717) is 22.4 Å². The third kappa shape index (κ3) is 3.65. The molecule has 0 aliphatic heterocycles. The zero-order valence-electron chi connectivity index (χ0n) is 12.0. The van der Waals surface area contributed by atoms with Crippen LogP contribution in [0.3, 0.4) is 0 Å². The minimum absolute atomic E-state index is 0.253. The number of thiophene rings is 1. The lowest BCUT2D eigenvalue weighted by Gasteiger charge is -2.06. The van der Waals surface area contributed by atoms with Crippen molar-refractivity contribution in [3.05, 3.63) is 26.6 Å². The second kappa shape index (κ2) is 6.47. The number of hydrogen-bond acceptors (Lipinski definition) is 5. The number of halogens is 1. The first-order chi connectivity index (χ1) is 9.87. The maximum absolute atomic E-state index is 12.5. The van der Waals surface area contributed by atoms with E-state index in [9.17, 15) is 8.42 Å². The summed E-state index contributed by atoms with van der Waals surface area (Å²) in [7, 11) is -0.0393. The van der Waals surface area contributed by atoms with E-state index in [1.54, 1.807) is 24.0 Å². The van der Waals surface area contributed by atoms with Crippen LogP contribution < -0.4 is 10.0 Å². The molecule has 6 nitrogen and oxygen atoms in total. The normalized spacial score (nSPS) is 11.8. The lowest BCUT2D eigenvalue weighted by molar-refractivity contribution is 0.601. The highest BCUT2D eigenvalue weighted by atomic mass is 79.9. The zero-order chi connectivity index (χ0) is 15.6. The van der Waals surface area contributed by atoms with Crippen molar-refractivity contribution in [3.8, 4) is 0 Å². The predicted molar refractivity (Wildman–Crippen MR) is 88.2 cm³/mol. The Morgan fingerprint density at radius 2 is 2.19 bits per heavy atom. The van der Waals surface area contributed by atoms with Gasteiger partial charge in [0.25, 0.3) is 10.0 Å². The number of rotatable bonds is 6. The summed E-state index contributed by atoms with van der Waals surface area (Å²) >= 11 is 4.73. The molecule has 0 spiro atoms. The lowest BCUT2D eigenvalue weighted by atomic mass is 10.3. The number of nitrogens with one attached hydrogen (secondary N) is 2. The van der Waals surface area contributed by atoms with Crippen molar-refractivity contribution in [2.45, 2.75) is 24.8 Å². The Labute approximate surface area is 136 Å². The first-order valence-corrected chi connectivity index (χ1v) is 9.44. The fourth-order valence-electron chi connectivity index (χ4n) is 1.92. The van der Waals surface area contributed by atoms with Gasteiger partial charge in [-0.3, -0.25) is 9.40 Å². The van der Waals surface area contributed by atoms with Gasteiger partial charge in [-0.2, -0.15) is 5.10 Å². The number of anilines is 1. The van der Waals surface area contributed by atoms with Crippen LogP contribution in [0.5, 0.6) is 0 Å². The average Bonchev–Trinajstić information content (AvgIpc) is 2.93. The molecule has 0 fully saturated rings. The fraction of sp³-hybridized carbons (Fsp3) is 0.417. The summed E-state index contributed by atoms with van der Waals surface area (Å²) in [5, 5.41) is 7.24. The van der Waals surface area contributed by atoms with Gasteiger partial charge < -0.3 is 5.32 Å². The van der Waals surface area contributed by atoms with Crippen molar-refractivity contribution in [3.63, 3.8) is 0 Å². The van der Waals surface area contributed by atoms with Crippen LogP contribution in [-0.2, 0) is 30.0 Å². The van der Waals surface area contributed by atoms with Crippen LogP contribution in [-0.4, -0.2) is 25.2 Å². The molecule has 2 rings (SSSR count). The van der Waals surface area contributed by atoms with Gasteiger partial charge >= 0.3 is 0 Å². The molecule has 2 heterocycles. The van der Waals surface area contributed by atoms with Gasteiger partial charge in [0.05, 0.1) is 15.2 Å². The molecule has 9 heteroatoms. The van der Waals surface area contributed by atoms with Gasteiger partial charge in [0.15, 0.2) is 0 Å². The van der Waals surface area contributed by atoms with E-state index in [1.807, 2.05) is 14.0 Å². The molecule has 0 amide bonds.